The van der Waals surface area contributed by atoms with Gasteiger partial charge in [0.05, 0.1) is 12.6 Å². The summed E-state index contributed by atoms with van der Waals surface area (Å²) in [5.41, 5.74) is 1.52. The number of hydrogen-bond donors (Lipinski definition) is 3. The number of ether oxygens (including phenoxy) is 2. The zero-order chi connectivity index (χ0) is 27.1. The van der Waals surface area contributed by atoms with Crippen LogP contribution in [-0.2, 0) is 9.47 Å². The number of hydrazine groups is 1. The van der Waals surface area contributed by atoms with Gasteiger partial charge >= 0.3 is 12.2 Å². The topological polar surface area (TPSA) is 117 Å². The lowest BCUT2D eigenvalue weighted by atomic mass is 9.98. The third-order valence-electron chi connectivity index (χ3n) is 4.66. The largest absolute Gasteiger partial charge is 0.443 e. The summed E-state index contributed by atoms with van der Waals surface area (Å²) in [7, 11) is 0. The van der Waals surface area contributed by atoms with E-state index in [9.17, 15) is 19.5 Å². The van der Waals surface area contributed by atoms with Gasteiger partial charge in [-0.1, -0.05) is 41.9 Å². The van der Waals surface area contributed by atoms with Crippen molar-refractivity contribution in [1.82, 2.24) is 15.8 Å². The molecule has 2 atom stereocenters. The van der Waals surface area contributed by atoms with Crippen molar-refractivity contribution in [3.05, 3.63) is 70.7 Å². The number of carbonyl (C=O) groups excluding carboxylic acids is 3. The maximum Gasteiger partial charge on any atom is 0.429 e. The minimum Gasteiger partial charge on any atom is -0.443 e. The molecule has 0 radical (unpaired) electrons. The molecule has 2 rings (SSSR count). The van der Waals surface area contributed by atoms with Crippen molar-refractivity contribution in [2.24, 2.45) is 0 Å². The number of amides is 3. The van der Waals surface area contributed by atoms with Crippen molar-refractivity contribution < 1.29 is 29.0 Å². The van der Waals surface area contributed by atoms with Gasteiger partial charge in [0.1, 0.15) is 17.2 Å². The van der Waals surface area contributed by atoms with E-state index in [4.69, 9.17) is 21.1 Å². The SMILES string of the molecule is CC(C)(C)OC(=O)NN(C(=O)OC(C)(C)C)[C@H](CO)[C@H](NC(=O)c1ccccc1)c1ccc(Cl)cc1. The molecule has 0 saturated carbocycles. The molecule has 0 aliphatic carbocycles. The smallest absolute Gasteiger partial charge is 0.429 e. The minimum atomic E-state index is -1.18. The Balaban J connectivity index is 2.51. The van der Waals surface area contributed by atoms with Crippen molar-refractivity contribution >= 4 is 29.7 Å². The van der Waals surface area contributed by atoms with Crippen LogP contribution in [0.15, 0.2) is 54.6 Å². The Morgan fingerprint density at radius 2 is 1.47 bits per heavy atom. The maximum atomic E-state index is 13.2. The fraction of sp³-hybridized carbons (Fsp3) is 0.423. The summed E-state index contributed by atoms with van der Waals surface area (Å²) in [4.78, 5) is 38.9. The van der Waals surface area contributed by atoms with Gasteiger partial charge in [0.2, 0.25) is 0 Å². The number of aliphatic hydroxyl groups is 1. The first kappa shape index (κ1) is 28.9. The molecular formula is C26H34ClN3O6. The number of benzene rings is 2. The minimum absolute atomic E-state index is 0.372. The van der Waals surface area contributed by atoms with Crippen LogP contribution >= 0.6 is 11.6 Å². The average Bonchev–Trinajstić information content (AvgIpc) is 2.76. The van der Waals surface area contributed by atoms with Crippen LogP contribution < -0.4 is 10.7 Å². The zero-order valence-electron chi connectivity index (χ0n) is 21.4. The molecule has 0 heterocycles. The summed E-state index contributed by atoms with van der Waals surface area (Å²) in [6.07, 6.45) is -1.88. The second-order valence-corrected chi connectivity index (χ2v) is 10.5. The van der Waals surface area contributed by atoms with Crippen LogP contribution in [-0.4, -0.2) is 52.1 Å². The average molecular weight is 520 g/mol. The summed E-state index contributed by atoms with van der Waals surface area (Å²) in [5, 5.41) is 14.6. The van der Waals surface area contributed by atoms with Crippen LogP contribution in [0.5, 0.6) is 0 Å². The molecule has 0 bridgehead atoms. The Morgan fingerprint density at radius 3 is 1.97 bits per heavy atom. The number of rotatable bonds is 6. The van der Waals surface area contributed by atoms with E-state index in [1.54, 1.807) is 96.1 Å². The molecule has 36 heavy (non-hydrogen) atoms. The maximum absolute atomic E-state index is 13.2. The normalized spacial score (nSPS) is 13.2. The second kappa shape index (κ2) is 12.1. The van der Waals surface area contributed by atoms with E-state index in [-0.39, 0.29) is 0 Å². The highest BCUT2D eigenvalue weighted by Crippen LogP contribution is 2.25. The molecule has 0 spiro atoms. The van der Waals surface area contributed by atoms with E-state index >= 15 is 0 Å². The Labute approximate surface area is 216 Å². The molecule has 2 aromatic rings. The van der Waals surface area contributed by atoms with Gasteiger partial charge in [-0.3, -0.25) is 4.79 Å². The fourth-order valence-electron chi connectivity index (χ4n) is 3.20. The first-order valence-electron chi connectivity index (χ1n) is 11.4. The van der Waals surface area contributed by atoms with Crippen molar-refractivity contribution in [2.45, 2.75) is 64.8 Å². The molecule has 10 heteroatoms. The molecule has 3 N–H and O–H groups in total. The van der Waals surface area contributed by atoms with Gasteiger partial charge in [0.25, 0.3) is 5.91 Å². The van der Waals surface area contributed by atoms with Crippen LogP contribution in [0.1, 0.15) is 63.5 Å². The lowest BCUT2D eigenvalue weighted by Crippen LogP contribution is -2.59. The Hall–Kier alpha value is -3.30. The number of halogens is 1. The molecular weight excluding hydrogens is 486 g/mol. The van der Waals surface area contributed by atoms with E-state index < -0.39 is 48.0 Å². The van der Waals surface area contributed by atoms with E-state index in [0.29, 0.717) is 16.1 Å². The van der Waals surface area contributed by atoms with Crippen LogP contribution in [0.25, 0.3) is 0 Å². The third-order valence-corrected chi connectivity index (χ3v) is 4.91. The third kappa shape index (κ3) is 9.05. The van der Waals surface area contributed by atoms with Gasteiger partial charge < -0.3 is 19.9 Å². The quantitative estimate of drug-likeness (QED) is 0.470. The summed E-state index contributed by atoms with van der Waals surface area (Å²) in [5.74, 6) is -0.449. The molecule has 0 aromatic heterocycles. The fourth-order valence-corrected chi connectivity index (χ4v) is 3.32. The molecule has 196 valence electrons. The van der Waals surface area contributed by atoms with Gasteiger partial charge in [-0.05, 0) is 71.4 Å². The number of hydrogen-bond acceptors (Lipinski definition) is 6. The van der Waals surface area contributed by atoms with E-state index in [2.05, 4.69) is 10.7 Å². The van der Waals surface area contributed by atoms with E-state index in [0.717, 1.165) is 5.01 Å². The molecule has 0 aliphatic rings. The summed E-state index contributed by atoms with van der Waals surface area (Å²) >= 11 is 6.05. The summed E-state index contributed by atoms with van der Waals surface area (Å²) < 4.78 is 10.8. The first-order chi connectivity index (χ1) is 16.7. The van der Waals surface area contributed by atoms with Gasteiger partial charge in [-0.2, -0.15) is 0 Å². The molecule has 9 nitrogen and oxygen atoms in total. The molecule has 0 unspecified atom stereocenters. The second-order valence-electron chi connectivity index (χ2n) is 10.1. The predicted octanol–water partition coefficient (Wildman–Crippen LogP) is 4.85. The van der Waals surface area contributed by atoms with Gasteiger partial charge in [0.15, 0.2) is 0 Å². The lowest BCUT2D eigenvalue weighted by Gasteiger charge is -2.37. The Bertz CT molecular complexity index is 1030. The molecule has 0 aliphatic heterocycles. The standard InChI is InChI=1S/C26H34ClN3O6/c1-25(2,3)35-23(33)29-30(24(34)36-26(4,5)6)20(16-31)21(17-12-14-19(27)15-13-17)28-22(32)18-10-8-7-9-11-18/h7-15,20-21,31H,16H2,1-6H3,(H,28,32)(H,29,33)/t20-,21-/m1/s1. The molecule has 0 saturated heterocycles. The Kier molecular flexibility index (Phi) is 9.72. The summed E-state index contributed by atoms with van der Waals surface area (Å²) in [6, 6.07) is 12.9. The predicted molar refractivity (Wildman–Crippen MR) is 136 cm³/mol. The van der Waals surface area contributed by atoms with Gasteiger partial charge in [0, 0.05) is 10.6 Å². The monoisotopic (exact) mass is 519 g/mol. The van der Waals surface area contributed by atoms with Crippen LogP contribution in [0.2, 0.25) is 5.02 Å². The van der Waals surface area contributed by atoms with Crippen molar-refractivity contribution in [2.75, 3.05) is 6.61 Å². The number of nitrogens with one attached hydrogen (secondary N) is 2. The zero-order valence-corrected chi connectivity index (χ0v) is 22.1. The Morgan fingerprint density at radius 1 is 0.917 bits per heavy atom. The highest BCUT2D eigenvalue weighted by molar-refractivity contribution is 6.30. The number of nitrogens with zero attached hydrogens (tertiary/aromatic N) is 1. The summed E-state index contributed by atoms with van der Waals surface area (Å²) in [6.45, 7) is 9.37. The van der Waals surface area contributed by atoms with Crippen LogP contribution in [0.4, 0.5) is 9.59 Å². The molecule has 0 fully saturated rings. The first-order valence-corrected chi connectivity index (χ1v) is 11.8. The van der Waals surface area contributed by atoms with Gasteiger partial charge in [-0.15, -0.1) is 0 Å². The number of aliphatic hydroxyl groups excluding tert-OH is 1. The molecule has 3 amide bonds. The lowest BCUT2D eigenvalue weighted by molar-refractivity contribution is -0.0221. The van der Waals surface area contributed by atoms with E-state index in [1.165, 1.54) is 0 Å². The number of carbonyl (C=O) groups is 3. The van der Waals surface area contributed by atoms with Crippen LogP contribution in [0, 0.1) is 0 Å². The van der Waals surface area contributed by atoms with Crippen LogP contribution in [0.3, 0.4) is 0 Å². The van der Waals surface area contributed by atoms with Crippen molar-refractivity contribution in [1.29, 1.82) is 0 Å². The van der Waals surface area contributed by atoms with Crippen molar-refractivity contribution in [3.8, 4) is 0 Å². The molecule has 2 aromatic carbocycles. The van der Waals surface area contributed by atoms with Crippen molar-refractivity contribution in [3.63, 3.8) is 0 Å². The highest BCUT2D eigenvalue weighted by Gasteiger charge is 2.37. The highest BCUT2D eigenvalue weighted by atomic mass is 35.5. The van der Waals surface area contributed by atoms with Gasteiger partial charge in [-0.25, -0.2) is 20.0 Å². The van der Waals surface area contributed by atoms with E-state index in [1.807, 2.05) is 0 Å².